The van der Waals surface area contributed by atoms with Crippen molar-refractivity contribution in [1.82, 2.24) is 5.32 Å². The molecule has 0 saturated heterocycles. The van der Waals surface area contributed by atoms with Gasteiger partial charge in [-0.1, -0.05) is 6.58 Å². The van der Waals surface area contributed by atoms with Crippen LogP contribution in [0.2, 0.25) is 0 Å². The van der Waals surface area contributed by atoms with Gasteiger partial charge in [-0.05, 0) is 46.7 Å². The van der Waals surface area contributed by atoms with E-state index in [-0.39, 0.29) is 16.8 Å². The molecule has 1 N–H and O–H groups in total. The summed E-state index contributed by atoms with van der Waals surface area (Å²) in [6, 6.07) is 4.00. The van der Waals surface area contributed by atoms with Crippen LogP contribution in [0.15, 0.2) is 34.8 Å². The third-order valence-electron chi connectivity index (χ3n) is 2.00. The van der Waals surface area contributed by atoms with E-state index in [1.165, 1.54) is 18.2 Å². The van der Waals surface area contributed by atoms with E-state index in [4.69, 9.17) is 4.74 Å². The average molecular weight is 340 g/mol. The fraction of sp³-hybridized carbons (Fsp3) is 0.333. The maximum absolute atomic E-state index is 12.1. The molecule has 3 nitrogen and oxygen atoms in total. The topological polar surface area (TPSA) is 30.5 Å². The predicted molar refractivity (Wildman–Crippen MR) is 69.4 cm³/mol. The van der Waals surface area contributed by atoms with Crippen molar-refractivity contribution >= 4 is 15.9 Å². The first-order valence-electron chi connectivity index (χ1n) is 5.31. The van der Waals surface area contributed by atoms with Gasteiger partial charge in [0.05, 0.1) is 4.47 Å². The van der Waals surface area contributed by atoms with E-state index in [1.54, 1.807) is 7.05 Å². The van der Waals surface area contributed by atoms with Crippen LogP contribution in [0, 0.1) is 0 Å². The molecular weight excluding hydrogens is 327 g/mol. The van der Waals surface area contributed by atoms with Gasteiger partial charge in [-0.15, -0.1) is 13.2 Å². The van der Waals surface area contributed by atoms with E-state index in [0.717, 1.165) is 5.57 Å². The van der Waals surface area contributed by atoms with Crippen molar-refractivity contribution in [3.05, 3.63) is 34.8 Å². The fourth-order valence-corrected chi connectivity index (χ4v) is 1.70. The molecule has 0 aliphatic rings. The Hall–Kier alpha value is -1.21. The van der Waals surface area contributed by atoms with Crippen molar-refractivity contribution < 1.29 is 22.6 Å². The minimum Gasteiger partial charge on any atom is -0.489 e. The van der Waals surface area contributed by atoms with Crippen LogP contribution < -0.4 is 14.8 Å². The van der Waals surface area contributed by atoms with Gasteiger partial charge in [-0.3, -0.25) is 0 Å². The van der Waals surface area contributed by atoms with Crippen molar-refractivity contribution in [2.24, 2.45) is 0 Å². The highest BCUT2D eigenvalue weighted by atomic mass is 79.9. The lowest BCUT2D eigenvalue weighted by atomic mass is 10.3. The molecule has 1 rings (SSSR count). The van der Waals surface area contributed by atoms with Crippen molar-refractivity contribution in [2.75, 3.05) is 20.2 Å². The quantitative estimate of drug-likeness (QED) is 0.804. The number of ether oxygens (including phenoxy) is 2. The summed E-state index contributed by atoms with van der Waals surface area (Å²) in [5.74, 6) is 0.118. The van der Waals surface area contributed by atoms with Gasteiger partial charge in [-0.25, -0.2) is 0 Å². The zero-order chi connectivity index (χ0) is 14.5. The molecule has 1 aromatic rings. The largest absolute Gasteiger partial charge is 0.573 e. The Morgan fingerprint density at radius 1 is 1.42 bits per heavy atom. The molecule has 0 aromatic heterocycles. The average Bonchev–Trinajstić information content (AvgIpc) is 2.28. The molecule has 0 aliphatic heterocycles. The number of alkyl halides is 3. The highest BCUT2D eigenvalue weighted by Gasteiger charge is 2.31. The molecule has 0 spiro atoms. The number of hydrogen-bond donors (Lipinski definition) is 1. The Morgan fingerprint density at radius 3 is 2.63 bits per heavy atom. The molecule has 0 bridgehead atoms. The van der Waals surface area contributed by atoms with Crippen molar-refractivity contribution in [3.63, 3.8) is 0 Å². The number of hydrogen-bond acceptors (Lipinski definition) is 3. The van der Waals surface area contributed by atoms with Gasteiger partial charge in [-0.2, -0.15) is 0 Å². The minimum absolute atomic E-state index is 0.168. The van der Waals surface area contributed by atoms with E-state index < -0.39 is 6.36 Å². The van der Waals surface area contributed by atoms with Gasteiger partial charge in [0.1, 0.15) is 18.1 Å². The van der Waals surface area contributed by atoms with Crippen molar-refractivity contribution in [3.8, 4) is 11.5 Å². The Kier molecular flexibility index (Phi) is 5.68. The van der Waals surface area contributed by atoms with E-state index in [0.29, 0.717) is 12.3 Å². The highest BCUT2D eigenvalue weighted by Crippen LogP contribution is 2.33. The fourth-order valence-electron chi connectivity index (χ4n) is 1.27. The van der Waals surface area contributed by atoms with Crippen LogP contribution in [-0.2, 0) is 0 Å². The molecule has 0 atom stereocenters. The molecule has 0 amide bonds. The predicted octanol–water partition coefficient (Wildman–Crippen LogP) is 3.50. The monoisotopic (exact) mass is 339 g/mol. The van der Waals surface area contributed by atoms with Gasteiger partial charge in [0, 0.05) is 6.54 Å². The summed E-state index contributed by atoms with van der Waals surface area (Å²) in [5.41, 5.74) is 0.828. The van der Waals surface area contributed by atoms with Gasteiger partial charge in [0.15, 0.2) is 0 Å². The number of rotatable bonds is 6. The highest BCUT2D eigenvalue weighted by molar-refractivity contribution is 9.10. The summed E-state index contributed by atoms with van der Waals surface area (Å²) in [7, 11) is 1.78. The van der Waals surface area contributed by atoms with Crippen LogP contribution in [-0.4, -0.2) is 26.6 Å². The number of benzene rings is 1. The Bertz CT molecular complexity index is 449. The van der Waals surface area contributed by atoms with Crippen LogP contribution in [0.25, 0.3) is 0 Å². The SMILES string of the molecule is C=C(CNC)COc1ccc(OC(F)(F)F)c(Br)c1. The second-order valence-electron chi connectivity index (χ2n) is 3.71. The van der Waals surface area contributed by atoms with Gasteiger partial charge in [0.25, 0.3) is 0 Å². The third kappa shape index (κ3) is 5.98. The molecule has 0 radical (unpaired) electrons. The molecular formula is C12H13BrF3NO2. The molecule has 19 heavy (non-hydrogen) atoms. The van der Waals surface area contributed by atoms with Crippen molar-refractivity contribution in [1.29, 1.82) is 0 Å². The first-order valence-corrected chi connectivity index (χ1v) is 6.10. The van der Waals surface area contributed by atoms with Crippen molar-refractivity contribution in [2.45, 2.75) is 6.36 Å². The minimum atomic E-state index is -4.72. The Morgan fingerprint density at radius 2 is 2.11 bits per heavy atom. The second kappa shape index (κ2) is 6.81. The summed E-state index contributed by atoms with van der Waals surface area (Å²) in [4.78, 5) is 0. The van der Waals surface area contributed by atoms with Gasteiger partial charge < -0.3 is 14.8 Å². The molecule has 0 aliphatic carbocycles. The third-order valence-corrected chi connectivity index (χ3v) is 2.62. The number of likely N-dealkylation sites (N-methyl/N-ethyl adjacent to an activating group) is 1. The van der Waals surface area contributed by atoms with E-state index in [2.05, 4.69) is 32.6 Å². The lowest BCUT2D eigenvalue weighted by Crippen LogP contribution is -2.17. The maximum atomic E-state index is 12.1. The normalized spacial score (nSPS) is 11.2. The molecule has 7 heteroatoms. The molecule has 0 unspecified atom stereocenters. The molecule has 1 aromatic carbocycles. The van der Waals surface area contributed by atoms with Gasteiger partial charge in [0.2, 0.25) is 0 Å². The molecule has 0 fully saturated rings. The standard InChI is InChI=1S/C12H13BrF3NO2/c1-8(6-17-2)7-18-9-3-4-11(10(13)5-9)19-12(14,15)16/h3-5,17H,1,6-7H2,2H3. The molecule has 106 valence electrons. The maximum Gasteiger partial charge on any atom is 0.573 e. The number of halogens is 4. The van der Waals surface area contributed by atoms with E-state index in [1.807, 2.05) is 0 Å². The summed E-state index contributed by atoms with van der Waals surface area (Å²) >= 11 is 3.00. The Labute approximate surface area is 117 Å². The van der Waals surface area contributed by atoms with E-state index in [9.17, 15) is 13.2 Å². The first kappa shape index (κ1) is 15.8. The summed E-state index contributed by atoms with van der Waals surface area (Å²) in [5, 5.41) is 2.92. The van der Waals surface area contributed by atoms with Crippen LogP contribution in [0.5, 0.6) is 11.5 Å². The van der Waals surface area contributed by atoms with Crippen LogP contribution in [0.1, 0.15) is 0 Å². The second-order valence-corrected chi connectivity index (χ2v) is 4.56. The molecule has 0 saturated carbocycles. The van der Waals surface area contributed by atoms with E-state index >= 15 is 0 Å². The summed E-state index contributed by atoms with van der Waals surface area (Å²) in [6.45, 7) is 4.67. The summed E-state index contributed by atoms with van der Waals surface area (Å²) in [6.07, 6.45) is -4.72. The Balaban J connectivity index is 2.64. The van der Waals surface area contributed by atoms with Crippen LogP contribution in [0.3, 0.4) is 0 Å². The van der Waals surface area contributed by atoms with Crippen LogP contribution in [0.4, 0.5) is 13.2 Å². The smallest absolute Gasteiger partial charge is 0.489 e. The number of nitrogens with one attached hydrogen (secondary N) is 1. The molecule has 0 heterocycles. The summed E-state index contributed by atoms with van der Waals surface area (Å²) < 4.78 is 45.6. The lowest BCUT2D eigenvalue weighted by Gasteiger charge is -2.12. The zero-order valence-corrected chi connectivity index (χ0v) is 11.8. The van der Waals surface area contributed by atoms with Gasteiger partial charge >= 0.3 is 6.36 Å². The van der Waals surface area contributed by atoms with Crippen LogP contribution >= 0.6 is 15.9 Å². The first-order chi connectivity index (χ1) is 8.81. The lowest BCUT2D eigenvalue weighted by molar-refractivity contribution is -0.274. The zero-order valence-electron chi connectivity index (χ0n) is 10.2.